The molecule has 3 aromatic carbocycles. The lowest BCUT2D eigenvalue weighted by atomic mass is 9.91. The Bertz CT molecular complexity index is 1050. The first kappa shape index (κ1) is 15.8. The standard InChI is InChI=1S/C23H22N2/c1-15(2)23-14-24-21-11-10-19(13-22(21)25-23)16(3)18-9-8-17-6-4-5-7-20(17)12-18/h4-16H,1-3H3. The summed E-state index contributed by atoms with van der Waals surface area (Å²) in [5.74, 6) is 0.706. The van der Waals surface area contributed by atoms with Crippen LogP contribution in [0.5, 0.6) is 0 Å². The molecule has 124 valence electrons. The highest BCUT2D eigenvalue weighted by molar-refractivity contribution is 5.83. The molecule has 0 spiro atoms. The van der Waals surface area contributed by atoms with Crippen molar-refractivity contribution in [3.8, 4) is 0 Å². The molecule has 0 aliphatic carbocycles. The third kappa shape index (κ3) is 3.00. The zero-order chi connectivity index (χ0) is 17.4. The van der Waals surface area contributed by atoms with Gasteiger partial charge in [0.25, 0.3) is 0 Å². The zero-order valence-electron chi connectivity index (χ0n) is 14.9. The molecule has 1 heterocycles. The van der Waals surface area contributed by atoms with Crippen molar-refractivity contribution in [2.45, 2.75) is 32.6 Å². The van der Waals surface area contributed by atoms with E-state index >= 15 is 0 Å². The lowest BCUT2D eigenvalue weighted by Crippen LogP contribution is -1.99. The number of aromatic nitrogens is 2. The van der Waals surface area contributed by atoms with E-state index in [9.17, 15) is 0 Å². The Morgan fingerprint density at radius 2 is 1.44 bits per heavy atom. The lowest BCUT2D eigenvalue weighted by Gasteiger charge is -2.14. The molecule has 0 saturated carbocycles. The Morgan fingerprint density at radius 1 is 0.720 bits per heavy atom. The van der Waals surface area contributed by atoms with Gasteiger partial charge in [0.05, 0.1) is 16.7 Å². The van der Waals surface area contributed by atoms with Crippen LogP contribution in [0.4, 0.5) is 0 Å². The van der Waals surface area contributed by atoms with Crippen molar-refractivity contribution >= 4 is 21.8 Å². The number of fused-ring (bicyclic) bond motifs is 2. The average molecular weight is 326 g/mol. The predicted octanol–water partition coefficient (Wildman–Crippen LogP) is 6.06. The summed E-state index contributed by atoms with van der Waals surface area (Å²) in [6.45, 7) is 6.56. The lowest BCUT2D eigenvalue weighted by molar-refractivity contribution is 0.821. The molecule has 0 bridgehead atoms. The molecule has 0 radical (unpaired) electrons. The maximum atomic E-state index is 4.80. The van der Waals surface area contributed by atoms with Gasteiger partial charge in [0, 0.05) is 12.1 Å². The van der Waals surface area contributed by atoms with Gasteiger partial charge in [-0.05, 0) is 39.9 Å². The molecule has 1 atom stereocenters. The minimum atomic E-state index is 0.318. The van der Waals surface area contributed by atoms with Gasteiger partial charge >= 0.3 is 0 Å². The molecule has 2 nitrogen and oxygen atoms in total. The van der Waals surface area contributed by atoms with Crippen molar-refractivity contribution in [2.24, 2.45) is 0 Å². The van der Waals surface area contributed by atoms with Crippen molar-refractivity contribution in [1.82, 2.24) is 9.97 Å². The Morgan fingerprint density at radius 3 is 2.24 bits per heavy atom. The third-order valence-corrected chi connectivity index (χ3v) is 4.95. The van der Waals surface area contributed by atoms with Gasteiger partial charge in [-0.25, -0.2) is 4.98 Å². The van der Waals surface area contributed by atoms with Gasteiger partial charge in [0.1, 0.15) is 0 Å². The summed E-state index contributed by atoms with van der Waals surface area (Å²) in [5.41, 5.74) is 5.59. The summed E-state index contributed by atoms with van der Waals surface area (Å²) in [5, 5.41) is 2.57. The van der Waals surface area contributed by atoms with E-state index in [2.05, 4.69) is 86.4 Å². The van der Waals surface area contributed by atoms with Crippen molar-refractivity contribution < 1.29 is 0 Å². The van der Waals surface area contributed by atoms with Gasteiger partial charge in [0.15, 0.2) is 0 Å². The molecule has 4 aromatic rings. The summed E-state index contributed by atoms with van der Waals surface area (Å²) >= 11 is 0. The second-order valence-electron chi connectivity index (χ2n) is 7.03. The van der Waals surface area contributed by atoms with E-state index in [0.29, 0.717) is 11.8 Å². The maximum Gasteiger partial charge on any atom is 0.0893 e. The van der Waals surface area contributed by atoms with Gasteiger partial charge in [-0.1, -0.05) is 69.3 Å². The Hall–Kier alpha value is -2.74. The van der Waals surface area contributed by atoms with Crippen LogP contribution in [0.3, 0.4) is 0 Å². The van der Waals surface area contributed by atoms with Crippen molar-refractivity contribution in [3.63, 3.8) is 0 Å². The van der Waals surface area contributed by atoms with E-state index in [1.807, 2.05) is 6.20 Å². The first-order valence-electron chi connectivity index (χ1n) is 8.87. The highest BCUT2D eigenvalue weighted by atomic mass is 14.8. The number of nitrogens with zero attached hydrogens (tertiary/aromatic N) is 2. The summed E-state index contributed by atoms with van der Waals surface area (Å²) in [4.78, 5) is 9.35. The monoisotopic (exact) mass is 326 g/mol. The summed E-state index contributed by atoms with van der Waals surface area (Å²) in [7, 11) is 0. The quantitative estimate of drug-likeness (QED) is 0.457. The molecule has 0 saturated heterocycles. The van der Waals surface area contributed by atoms with Crippen LogP contribution in [-0.2, 0) is 0 Å². The van der Waals surface area contributed by atoms with Crippen LogP contribution in [0, 0.1) is 0 Å². The SMILES string of the molecule is CC(C)c1cnc2ccc(C(C)c3ccc4ccccc4c3)cc2n1. The molecule has 2 heteroatoms. The molecule has 25 heavy (non-hydrogen) atoms. The minimum absolute atomic E-state index is 0.318. The fourth-order valence-corrected chi connectivity index (χ4v) is 3.26. The highest BCUT2D eigenvalue weighted by Crippen LogP contribution is 2.29. The van der Waals surface area contributed by atoms with Gasteiger partial charge in [-0.2, -0.15) is 0 Å². The van der Waals surface area contributed by atoms with Gasteiger partial charge in [0.2, 0.25) is 0 Å². The molecule has 4 rings (SSSR count). The van der Waals surface area contributed by atoms with E-state index in [1.54, 1.807) is 0 Å². The molecule has 0 aliphatic rings. The molecular weight excluding hydrogens is 304 g/mol. The van der Waals surface area contributed by atoms with Crippen LogP contribution in [-0.4, -0.2) is 9.97 Å². The van der Waals surface area contributed by atoms with Crippen LogP contribution in [0.15, 0.2) is 66.9 Å². The summed E-state index contributed by atoms with van der Waals surface area (Å²) in [6.07, 6.45) is 1.89. The maximum absolute atomic E-state index is 4.80. The molecule has 1 unspecified atom stereocenters. The van der Waals surface area contributed by atoms with E-state index in [4.69, 9.17) is 4.98 Å². The van der Waals surface area contributed by atoms with Gasteiger partial charge in [-0.3, -0.25) is 4.98 Å². The van der Waals surface area contributed by atoms with E-state index in [-0.39, 0.29) is 0 Å². The van der Waals surface area contributed by atoms with Crippen LogP contribution in [0.2, 0.25) is 0 Å². The van der Waals surface area contributed by atoms with Crippen LogP contribution in [0.25, 0.3) is 21.8 Å². The fraction of sp³-hybridized carbons (Fsp3) is 0.217. The van der Waals surface area contributed by atoms with E-state index < -0.39 is 0 Å². The molecular formula is C23H22N2. The van der Waals surface area contributed by atoms with E-state index in [1.165, 1.54) is 21.9 Å². The normalized spacial score (nSPS) is 12.8. The topological polar surface area (TPSA) is 25.8 Å². The minimum Gasteiger partial charge on any atom is -0.253 e. The van der Waals surface area contributed by atoms with Gasteiger partial charge < -0.3 is 0 Å². The first-order valence-corrected chi connectivity index (χ1v) is 8.87. The number of hydrogen-bond donors (Lipinski definition) is 0. The highest BCUT2D eigenvalue weighted by Gasteiger charge is 2.11. The molecule has 0 fully saturated rings. The third-order valence-electron chi connectivity index (χ3n) is 4.95. The van der Waals surface area contributed by atoms with Gasteiger partial charge in [-0.15, -0.1) is 0 Å². The zero-order valence-corrected chi connectivity index (χ0v) is 14.9. The summed E-state index contributed by atoms with van der Waals surface area (Å²) < 4.78 is 0. The second-order valence-corrected chi connectivity index (χ2v) is 7.03. The molecule has 0 aliphatic heterocycles. The molecule has 0 N–H and O–H groups in total. The van der Waals surface area contributed by atoms with Crippen molar-refractivity contribution in [2.75, 3.05) is 0 Å². The van der Waals surface area contributed by atoms with Crippen LogP contribution < -0.4 is 0 Å². The Kier molecular flexibility index (Phi) is 3.96. The number of rotatable bonds is 3. The predicted molar refractivity (Wildman–Crippen MR) is 105 cm³/mol. The van der Waals surface area contributed by atoms with Crippen LogP contribution in [0.1, 0.15) is 49.4 Å². The van der Waals surface area contributed by atoms with E-state index in [0.717, 1.165) is 16.7 Å². The Labute approximate surface area is 148 Å². The number of hydrogen-bond acceptors (Lipinski definition) is 2. The first-order chi connectivity index (χ1) is 12.1. The Balaban J connectivity index is 1.76. The van der Waals surface area contributed by atoms with Crippen LogP contribution >= 0.6 is 0 Å². The second kappa shape index (κ2) is 6.29. The fourth-order valence-electron chi connectivity index (χ4n) is 3.26. The molecule has 0 amide bonds. The van der Waals surface area contributed by atoms with Crippen molar-refractivity contribution in [3.05, 3.63) is 83.7 Å². The summed E-state index contributed by atoms with van der Waals surface area (Å²) in [6, 6.07) is 21.7. The number of benzene rings is 3. The largest absolute Gasteiger partial charge is 0.253 e. The smallest absolute Gasteiger partial charge is 0.0893 e. The average Bonchev–Trinajstić information content (AvgIpc) is 2.66. The van der Waals surface area contributed by atoms with Crippen molar-refractivity contribution in [1.29, 1.82) is 0 Å². The molecule has 1 aromatic heterocycles.